The van der Waals surface area contributed by atoms with Gasteiger partial charge in [-0.1, -0.05) is 11.6 Å². The van der Waals surface area contributed by atoms with Gasteiger partial charge in [0.15, 0.2) is 0 Å². The number of rotatable bonds is 4. The number of nitrogens with zero attached hydrogens (tertiary/aromatic N) is 2. The van der Waals surface area contributed by atoms with Crippen molar-refractivity contribution in [2.45, 2.75) is 19.4 Å². The van der Waals surface area contributed by atoms with Gasteiger partial charge in [0.2, 0.25) is 0 Å². The fraction of sp³-hybridized carbons (Fsp3) is 0.333. The first kappa shape index (κ1) is 12.5. The van der Waals surface area contributed by atoms with Gasteiger partial charge in [0.1, 0.15) is 0 Å². The molecule has 2 rings (SSSR count). The molecule has 17 heavy (non-hydrogen) atoms. The van der Waals surface area contributed by atoms with Gasteiger partial charge < -0.3 is 5.32 Å². The molecule has 5 heteroatoms. The Balaban J connectivity index is 2.13. The fourth-order valence-electron chi connectivity index (χ4n) is 1.62. The highest BCUT2D eigenvalue weighted by molar-refractivity contribution is 7.09. The molecule has 0 spiro atoms. The first-order valence-electron chi connectivity index (χ1n) is 5.39. The van der Waals surface area contributed by atoms with E-state index in [2.05, 4.69) is 20.7 Å². The molecule has 0 saturated carbocycles. The van der Waals surface area contributed by atoms with Crippen molar-refractivity contribution in [1.29, 1.82) is 0 Å². The Morgan fingerprint density at radius 3 is 2.82 bits per heavy atom. The van der Waals surface area contributed by atoms with Crippen LogP contribution in [0, 0.1) is 6.92 Å². The third kappa shape index (κ3) is 3.25. The number of pyridine rings is 1. The molecule has 2 heterocycles. The summed E-state index contributed by atoms with van der Waals surface area (Å²) in [4.78, 5) is 8.80. The lowest BCUT2D eigenvalue weighted by Gasteiger charge is -2.13. The summed E-state index contributed by atoms with van der Waals surface area (Å²) in [6, 6.07) is 3.99. The molecule has 1 N–H and O–H groups in total. The Hall–Kier alpha value is -0.970. The van der Waals surface area contributed by atoms with Crippen LogP contribution in [-0.2, 0) is 6.42 Å². The Bertz CT molecular complexity index is 481. The zero-order valence-corrected chi connectivity index (χ0v) is 11.3. The summed E-state index contributed by atoms with van der Waals surface area (Å²) < 4.78 is 0. The van der Waals surface area contributed by atoms with Gasteiger partial charge in [-0.2, -0.15) is 0 Å². The molecule has 0 amide bonds. The van der Waals surface area contributed by atoms with Crippen LogP contribution in [0.4, 0.5) is 0 Å². The van der Waals surface area contributed by atoms with E-state index in [0.29, 0.717) is 5.02 Å². The van der Waals surface area contributed by atoms with Crippen molar-refractivity contribution < 1.29 is 0 Å². The molecule has 0 fully saturated rings. The highest BCUT2D eigenvalue weighted by Crippen LogP contribution is 2.20. The van der Waals surface area contributed by atoms with E-state index in [-0.39, 0.29) is 6.04 Å². The standard InChI is InChI=1S/C12H14ClN3S/c1-8-7-17-12(16-8)5-11(14-2)10-4-3-9(13)6-15-10/h3-4,6-7,11,14H,5H2,1-2H3. The number of hydrogen-bond acceptors (Lipinski definition) is 4. The van der Waals surface area contributed by atoms with E-state index in [0.717, 1.165) is 22.8 Å². The van der Waals surface area contributed by atoms with E-state index in [1.165, 1.54) is 0 Å². The molecule has 0 bridgehead atoms. The van der Waals surface area contributed by atoms with Crippen molar-refractivity contribution >= 4 is 22.9 Å². The lowest BCUT2D eigenvalue weighted by atomic mass is 10.1. The van der Waals surface area contributed by atoms with Crippen LogP contribution in [0.2, 0.25) is 5.02 Å². The quantitative estimate of drug-likeness (QED) is 0.925. The van der Waals surface area contributed by atoms with Gasteiger partial charge in [-0.05, 0) is 26.1 Å². The van der Waals surface area contributed by atoms with E-state index in [4.69, 9.17) is 11.6 Å². The molecule has 0 aliphatic rings. The van der Waals surface area contributed by atoms with Crippen molar-refractivity contribution in [2.75, 3.05) is 7.05 Å². The smallest absolute Gasteiger partial charge is 0.0947 e. The molecular formula is C12H14ClN3S. The van der Waals surface area contributed by atoms with Gasteiger partial charge in [-0.25, -0.2) is 4.98 Å². The zero-order chi connectivity index (χ0) is 12.3. The predicted molar refractivity (Wildman–Crippen MR) is 71.6 cm³/mol. The summed E-state index contributed by atoms with van der Waals surface area (Å²) in [6.07, 6.45) is 2.53. The molecule has 0 aliphatic carbocycles. The molecular weight excluding hydrogens is 254 g/mol. The Kier molecular flexibility index (Phi) is 4.10. The Labute approximate surface area is 110 Å². The zero-order valence-electron chi connectivity index (χ0n) is 9.77. The predicted octanol–water partition coefficient (Wildman–Crippen LogP) is 3.00. The van der Waals surface area contributed by atoms with Crippen molar-refractivity contribution in [3.8, 4) is 0 Å². The van der Waals surface area contributed by atoms with Gasteiger partial charge >= 0.3 is 0 Å². The number of thiazole rings is 1. The monoisotopic (exact) mass is 267 g/mol. The van der Waals surface area contributed by atoms with Gasteiger partial charge in [0.05, 0.1) is 21.8 Å². The molecule has 0 aliphatic heterocycles. The number of nitrogens with one attached hydrogen (secondary N) is 1. The van der Waals surface area contributed by atoms with E-state index in [1.54, 1.807) is 17.5 Å². The number of aryl methyl sites for hydroxylation is 1. The maximum atomic E-state index is 5.83. The fourth-order valence-corrected chi connectivity index (χ4v) is 2.55. The molecule has 1 unspecified atom stereocenters. The van der Waals surface area contributed by atoms with Crippen molar-refractivity contribution in [2.24, 2.45) is 0 Å². The summed E-state index contributed by atoms with van der Waals surface area (Å²) in [7, 11) is 1.93. The summed E-state index contributed by atoms with van der Waals surface area (Å²) >= 11 is 7.52. The third-order valence-corrected chi connectivity index (χ3v) is 3.71. The summed E-state index contributed by atoms with van der Waals surface area (Å²) in [5, 5.41) is 7.11. The van der Waals surface area contributed by atoms with Crippen molar-refractivity contribution in [1.82, 2.24) is 15.3 Å². The third-order valence-electron chi connectivity index (χ3n) is 2.50. The molecule has 2 aromatic rings. The number of aromatic nitrogens is 2. The second kappa shape index (κ2) is 5.58. The van der Waals surface area contributed by atoms with Gasteiger partial charge in [0.25, 0.3) is 0 Å². The maximum Gasteiger partial charge on any atom is 0.0947 e. The molecule has 0 aromatic carbocycles. The van der Waals surface area contributed by atoms with Crippen LogP contribution >= 0.6 is 22.9 Å². The molecule has 0 saturated heterocycles. The second-order valence-electron chi connectivity index (χ2n) is 3.83. The largest absolute Gasteiger partial charge is 0.311 e. The van der Waals surface area contributed by atoms with Crippen LogP contribution in [0.1, 0.15) is 22.4 Å². The topological polar surface area (TPSA) is 37.8 Å². The molecule has 1 atom stereocenters. The first-order valence-corrected chi connectivity index (χ1v) is 6.64. The number of likely N-dealkylation sites (N-methyl/N-ethyl adjacent to an activating group) is 1. The van der Waals surface area contributed by atoms with Crippen LogP contribution in [0.25, 0.3) is 0 Å². The summed E-state index contributed by atoms with van der Waals surface area (Å²) in [6.45, 7) is 2.01. The minimum absolute atomic E-state index is 0.179. The maximum absolute atomic E-state index is 5.83. The van der Waals surface area contributed by atoms with Crippen molar-refractivity contribution in [3.63, 3.8) is 0 Å². The van der Waals surface area contributed by atoms with Gasteiger partial charge in [-0.3, -0.25) is 4.98 Å². The summed E-state index contributed by atoms with van der Waals surface area (Å²) in [5.41, 5.74) is 2.06. The summed E-state index contributed by atoms with van der Waals surface area (Å²) in [5.74, 6) is 0. The molecule has 90 valence electrons. The average Bonchev–Trinajstić information content (AvgIpc) is 2.73. The van der Waals surface area contributed by atoms with E-state index in [1.807, 2.05) is 26.1 Å². The number of hydrogen-bond donors (Lipinski definition) is 1. The van der Waals surface area contributed by atoms with Crippen molar-refractivity contribution in [3.05, 3.63) is 45.1 Å². The lowest BCUT2D eigenvalue weighted by Crippen LogP contribution is -2.19. The molecule has 0 radical (unpaired) electrons. The number of halogens is 1. The van der Waals surface area contributed by atoms with Crippen LogP contribution in [0.5, 0.6) is 0 Å². The minimum atomic E-state index is 0.179. The van der Waals surface area contributed by atoms with Crippen LogP contribution in [-0.4, -0.2) is 17.0 Å². The van der Waals surface area contributed by atoms with Gasteiger partial charge in [-0.15, -0.1) is 11.3 Å². The van der Waals surface area contributed by atoms with E-state index in [9.17, 15) is 0 Å². The first-order chi connectivity index (χ1) is 8.19. The highest BCUT2D eigenvalue weighted by Gasteiger charge is 2.13. The van der Waals surface area contributed by atoms with Gasteiger partial charge in [0, 0.05) is 23.7 Å². The SMILES string of the molecule is CNC(Cc1nc(C)cs1)c1ccc(Cl)cn1. The Morgan fingerprint density at radius 1 is 1.47 bits per heavy atom. The molecule has 2 aromatic heterocycles. The lowest BCUT2D eigenvalue weighted by molar-refractivity contribution is 0.574. The van der Waals surface area contributed by atoms with Crippen LogP contribution in [0.3, 0.4) is 0 Å². The normalized spacial score (nSPS) is 12.6. The Morgan fingerprint density at radius 2 is 2.29 bits per heavy atom. The average molecular weight is 268 g/mol. The second-order valence-corrected chi connectivity index (χ2v) is 5.21. The highest BCUT2D eigenvalue weighted by atomic mass is 35.5. The minimum Gasteiger partial charge on any atom is -0.311 e. The van der Waals surface area contributed by atoms with E-state index < -0.39 is 0 Å². The van der Waals surface area contributed by atoms with Crippen LogP contribution < -0.4 is 5.32 Å². The molecule has 3 nitrogen and oxygen atoms in total. The van der Waals surface area contributed by atoms with E-state index >= 15 is 0 Å². The van der Waals surface area contributed by atoms with Crippen LogP contribution in [0.15, 0.2) is 23.7 Å².